The van der Waals surface area contributed by atoms with E-state index in [1.807, 2.05) is 0 Å². The third kappa shape index (κ3) is 4.16. The molecule has 0 aromatic heterocycles. The normalized spacial score (nSPS) is 16.0. The molecule has 29 heavy (non-hydrogen) atoms. The summed E-state index contributed by atoms with van der Waals surface area (Å²) >= 11 is 6.09. The lowest BCUT2D eigenvalue weighted by Crippen LogP contribution is -2.62. The highest BCUT2D eigenvalue weighted by Gasteiger charge is 2.49. The molecular weight excluding hydrogens is 423 g/mol. The van der Waals surface area contributed by atoms with Crippen LogP contribution in [0, 0.1) is 22.6 Å². The molecule has 10 heteroatoms. The highest BCUT2D eigenvalue weighted by atomic mass is 35.5. The van der Waals surface area contributed by atoms with Gasteiger partial charge in [0.1, 0.15) is 28.3 Å². The van der Waals surface area contributed by atoms with Gasteiger partial charge in [-0.1, -0.05) is 11.6 Å². The zero-order valence-electron chi connectivity index (χ0n) is 15.4. The van der Waals surface area contributed by atoms with Crippen molar-refractivity contribution in [3.8, 4) is 17.6 Å². The smallest absolute Gasteiger partial charge is 0.244 e. The molecule has 2 aromatic carbocycles. The minimum Gasteiger partial charge on any atom is -0.497 e. The summed E-state index contributed by atoms with van der Waals surface area (Å²) in [7, 11) is -2.41. The van der Waals surface area contributed by atoms with Crippen molar-refractivity contribution >= 4 is 21.6 Å². The lowest BCUT2D eigenvalue weighted by atomic mass is 9.83. The summed E-state index contributed by atoms with van der Waals surface area (Å²) in [5, 5.41) is 18.6. The summed E-state index contributed by atoms with van der Waals surface area (Å²) in [4.78, 5) is -0.0541. The first-order valence-corrected chi connectivity index (χ1v) is 10.3. The van der Waals surface area contributed by atoms with E-state index in [4.69, 9.17) is 26.3 Å². The standard InChI is InChI=1S/C19H18ClFN2O5S/c1-27-14-4-5-18(16(20)6-14)29(25,26)23-9-19(10-23,11-24)12-28-15-3-2-13(8-22)17(21)7-15/h2-7,24H,9-12H2,1H3. The molecule has 7 nitrogen and oxygen atoms in total. The van der Waals surface area contributed by atoms with Crippen LogP contribution in [-0.4, -0.2) is 51.2 Å². The van der Waals surface area contributed by atoms with Gasteiger partial charge in [0.2, 0.25) is 10.0 Å². The summed E-state index contributed by atoms with van der Waals surface area (Å²) < 4.78 is 51.1. The predicted molar refractivity (Wildman–Crippen MR) is 103 cm³/mol. The van der Waals surface area contributed by atoms with Crippen LogP contribution in [0.2, 0.25) is 5.02 Å². The Balaban J connectivity index is 1.69. The lowest BCUT2D eigenvalue weighted by molar-refractivity contribution is -0.0273. The zero-order valence-corrected chi connectivity index (χ0v) is 17.0. The third-order valence-corrected chi connectivity index (χ3v) is 7.00. The number of rotatable bonds is 7. The lowest BCUT2D eigenvalue weighted by Gasteiger charge is -2.47. The second kappa shape index (κ2) is 8.16. The Morgan fingerprint density at radius 3 is 2.52 bits per heavy atom. The van der Waals surface area contributed by atoms with Crippen molar-refractivity contribution in [1.29, 1.82) is 5.26 Å². The highest BCUT2D eigenvalue weighted by Crippen LogP contribution is 2.37. The first-order chi connectivity index (χ1) is 13.7. The maximum absolute atomic E-state index is 13.7. The molecule has 0 aliphatic carbocycles. The topological polar surface area (TPSA) is 99.9 Å². The van der Waals surface area contributed by atoms with E-state index in [2.05, 4.69) is 0 Å². The van der Waals surface area contributed by atoms with Crippen molar-refractivity contribution in [3.63, 3.8) is 0 Å². The van der Waals surface area contributed by atoms with Crippen molar-refractivity contribution in [1.82, 2.24) is 4.31 Å². The monoisotopic (exact) mass is 440 g/mol. The van der Waals surface area contributed by atoms with Gasteiger partial charge in [-0.2, -0.15) is 9.57 Å². The maximum atomic E-state index is 13.7. The summed E-state index contributed by atoms with van der Waals surface area (Å²) in [5.74, 6) is -0.0887. The van der Waals surface area contributed by atoms with Crippen LogP contribution < -0.4 is 9.47 Å². The molecule has 1 aliphatic heterocycles. The van der Waals surface area contributed by atoms with Crippen molar-refractivity contribution in [2.24, 2.45) is 5.41 Å². The quantitative estimate of drug-likeness (QED) is 0.709. The fourth-order valence-corrected chi connectivity index (χ4v) is 5.15. The number of aliphatic hydroxyl groups is 1. The number of nitrogens with zero attached hydrogens (tertiary/aromatic N) is 2. The predicted octanol–water partition coefficient (Wildman–Crippen LogP) is 2.42. The Morgan fingerprint density at radius 2 is 1.97 bits per heavy atom. The summed E-state index contributed by atoms with van der Waals surface area (Å²) in [6.07, 6.45) is 0. The van der Waals surface area contributed by atoms with Crippen molar-refractivity contribution in [2.75, 3.05) is 33.4 Å². The van der Waals surface area contributed by atoms with Gasteiger partial charge in [-0.15, -0.1) is 0 Å². The van der Waals surface area contributed by atoms with E-state index >= 15 is 0 Å². The number of aliphatic hydroxyl groups excluding tert-OH is 1. The van der Waals surface area contributed by atoms with E-state index in [0.29, 0.717) is 5.75 Å². The molecule has 0 unspecified atom stereocenters. The Kier molecular flexibility index (Phi) is 6.00. The number of methoxy groups -OCH3 is 1. The SMILES string of the molecule is COc1ccc(S(=O)(=O)N2CC(CO)(COc3ccc(C#N)c(F)c3)C2)c(Cl)c1. The van der Waals surface area contributed by atoms with Crippen molar-refractivity contribution < 1.29 is 27.4 Å². The second-order valence-corrected chi connectivity index (χ2v) is 9.08. The summed E-state index contributed by atoms with van der Waals surface area (Å²) in [6, 6.07) is 9.81. The van der Waals surface area contributed by atoms with Gasteiger partial charge in [0.25, 0.3) is 0 Å². The average molecular weight is 441 g/mol. The molecule has 3 rings (SSSR count). The number of halogens is 2. The Hall–Kier alpha value is -2.38. The highest BCUT2D eigenvalue weighted by molar-refractivity contribution is 7.89. The van der Waals surface area contributed by atoms with Gasteiger partial charge in [-0.25, -0.2) is 12.8 Å². The molecule has 1 fully saturated rings. The van der Waals surface area contributed by atoms with Gasteiger partial charge in [0, 0.05) is 25.2 Å². The van der Waals surface area contributed by atoms with Crippen LogP contribution in [0.5, 0.6) is 11.5 Å². The maximum Gasteiger partial charge on any atom is 0.244 e. The first kappa shape index (κ1) is 21.3. The number of hydrogen-bond donors (Lipinski definition) is 1. The largest absolute Gasteiger partial charge is 0.497 e. The molecule has 0 radical (unpaired) electrons. The molecule has 2 aromatic rings. The molecule has 1 heterocycles. The number of nitriles is 1. The van der Waals surface area contributed by atoms with Gasteiger partial charge in [-0.05, 0) is 24.3 Å². The fraction of sp³-hybridized carbons (Fsp3) is 0.316. The van der Waals surface area contributed by atoms with Crippen LogP contribution in [0.3, 0.4) is 0 Å². The van der Waals surface area contributed by atoms with Crippen molar-refractivity contribution in [3.05, 3.63) is 52.8 Å². The zero-order chi connectivity index (χ0) is 21.2. The Labute approximate surface area is 172 Å². The van der Waals surface area contributed by atoms with E-state index in [1.54, 1.807) is 6.07 Å². The number of ether oxygens (including phenoxy) is 2. The molecule has 1 saturated heterocycles. The average Bonchev–Trinajstić information content (AvgIpc) is 2.67. The van der Waals surface area contributed by atoms with Crippen LogP contribution in [0.1, 0.15) is 5.56 Å². The van der Waals surface area contributed by atoms with Gasteiger partial charge in [0.05, 0.1) is 36.3 Å². The van der Waals surface area contributed by atoms with Crippen molar-refractivity contribution in [2.45, 2.75) is 4.90 Å². The number of benzene rings is 2. The Morgan fingerprint density at radius 1 is 1.28 bits per heavy atom. The van der Waals surface area contributed by atoms with Gasteiger partial charge >= 0.3 is 0 Å². The van der Waals surface area contributed by atoms with Crippen LogP contribution >= 0.6 is 11.6 Å². The van der Waals surface area contributed by atoms with Gasteiger partial charge < -0.3 is 14.6 Å². The van der Waals surface area contributed by atoms with E-state index in [1.165, 1.54) is 41.7 Å². The summed E-state index contributed by atoms with van der Waals surface area (Å²) in [5.41, 5.74) is -0.928. The molecule has 0 atom stereocenters. The second-order valence-electron chi connectivity index (χ2n) is 6.77. The number of hydrogen-bond acceptors (Lipinski definition) is 6. The molecule has 0 bridgehead atoms. The van der Waals surface area contributed by atoms with Crippen LogP contribution in [0.4, 0.5) is 4.39 Å². The first-order valence-electron chi connectivity index (χ1n) is 8.52. The summed E-state index contributed by atoms with van der Waals surface area (Å²) in [6.45, 7) is -0.286. The van der Waals surface area contributed by atoms with Gasteiger partial charge in [-0.3, -0.25) is 0 Å². The van der Waals surface area contributed by atoms with Gasteiger partial charge in [0.15, 0.2) is 0 Å². The van der Waals surface area contributed by atoms with Crippen LogP contribution in [0.25, 0.3) is 0 Å². The van der Waals surface area contributed by atoms with E-state index < -0.39 is 21.3 Å². The van der Waals surface area contributed by atoms with Crippen LogP contribution in [-0.2, 0) is 10.0 Å². The molecule has 154 valence electrons. The minimum absolute atomic E-state index is 0.0167. The number of sulfonamides is 1. The molecule has 0 spiro atoms. The van der Waals surface area contributed by atoms with E-state index in [0.717, 1.165) is 6.07 Å². The third-order valence-electron chi connectivity index (χ3n) is 4.72. The molecule has 0 amide bonds. The van der Waals surface area contributed by atoms with E-state index in [9.17, 15) is 17.9 Å². The molecule has 1 aliphatic rings. The fourth-order valence-electron chi connectivity index (χ4n) is 2.98. The molecular formula is C19H18ClFN2O5S. The molecule has 0 saturated carbocycles. The van der Waals surface area contributed by atoms with Crippen LogP contribution in [0.15, 0.2) is 41.3 Å². The minimum atomic E-state index is -3.85. The van der Waals surface area contributed by atoms with E-state index in [-0.39, 0.29) is 47.5 Å². The Bertz CT molecular complexity index is 1060. The molecule has 1 N–H and O–H groups in total.